The minimum absolute atomic E-state index is 0.0431. The van der Waals surface area contributed by atoms with E-state index in [1.807, 2.05) is 11.5 Å². The molecule has 1 fully saturated rings. The second-order valence-corrected chi connectivity index (χ2v) is 7.37. The van der Waals surface area contributed by atoms with E-state index in [9.17, 15) is 14.7 Å². The van der Waals surface area contributed by atoms with E-state index in [2.05, 4.69) is 5.10 Å². The average Bonchev–Trinajstić information content (AvgIpc) is 2.96. The Labute approximate surface area is 165 Å². The number of halogens is 1. The summed E-state index contributed by atoms with van der Waals surface area (Å²) in [5.74, 6) is -0.377. The van der Waals surface area contributed by atoms with Crippen molar-refractivity contribution < 1.29 is 14.6 Å². The Morgan fingerprint density at radius 2 is 2.14 bits per heavy atom. The molecular formula is C19H19ClN4O4. The van der Waals surface area contributed by atoms with E-state index in [0.717, 1.165) is 12.0 Å². The Bertz CT molecular complexity index is 1150. The fraction of sp³-hybridized carbons (Fsp3) is 0.368. The molecule has 146 valence electrons. The maximum atomic E-state index is 12.5. The molecule has 0 radical (unpaired) electrons. The van der Waals surface area contributed by atoms with Crippen LogP contribution >= 0.6 is 11.6 Å². The van der Waals surface area contributed by atoms with Gasteiger partial charge in [-0.3, -0.25) is 4.79 Å². The lowest BCUT2D eigenvalue weighted by Crippen LogP contribution is -2.33. The smallest absolute Gasteiger partial charge is 0.335 e. The Hall–Kier alpha value is -2.71. The Morgan fingerprint density at radius 1 is 1.39 bits per heavy atom. The Morgan fingerprint density at radius 3 is 2.79 bits per heavy atom. The maximum Gasteiger partial charge on any atom is 0.335 e. The fourth-order valence-corrected chi connectivity index (χ4v) is 3.46. The molecule has 0 bridgehead atoms. The van der Waals surface area contributed by atoms with Crippen LogP contribution in [-0.2, 0) is 17.8 Å². The minimum atomic E-state index is -0.995. The number of imidazole rings is 1. The quantitative estimate of drug-likeness (QED) is 0.703. The lowest BCUT2D eigenvalue weighted by Gasteiger charge is -2.27. The van der Waals surface area contributed by atoms with Gasteiger partial charge in [0.05, 0.1) is 40.5 Å². The largest absolute Gasteiger partial charge is 0.478 e. The number of benzene rings is 1. The van der Waals surface area contributed by atoms with Crippen LogP contribution in [-0.4, -0.2) is 43.1 Å². The number of carboxylic acid groups (broad SMARTS) is 1. The Kier molecular flexibility index (Phi) is 4.68. The highest BCUT2D eigenvalue weighted by molar-refractivity contribution is 6.31. The van der Waals surface area contributed by atoms with Crippen LogP contribution in [0, 0.1) is 13.8 Å². The molecule has 2 aromatic heterocycles. The number of ether oxygens (including phenoxy) is 1. The molecule has 1 unspecified atom stereocenters. The van der Waals surface area contributed by atoms with Crippen LogP contribution in [0.2, 0.25) is 5.02 Å². The SMILES string of the molecule is Cc1c(Cl)cnn(Cc2nc3c(C)cc(C(=O)O)cc3n2CC2CCO2)c1=O. The van der Waals surface area contributed by atoms with E-state index >= 15 is 0 Å². The molecule has 1 saturated heterocycles. The normalized spacial score (nSPS) is 16.3. The van der Waals surface area contributed by atoms with Gasteiger partial charge in [0.1, 0.15) is 12.4 Å². The summed E-state index contributed by atoms with van der Waals surface area (Å²) in [7, 11) is 0. The van der Waals surface area contributed by atoms with Gasteiger partial charge in [-0.15, -0.1) is 0 Å². The number of hydrogen-bond donors (Lipinski definition) is 1. The standard InChI is InChI=1S/C19H19ClN4O4/c1-10-5-12(19(26)27)6-15-17(10)22-16(23(15)8-13-3-4-28-13)9-24-18(25)11(2)14(20)7-21-24/h5-7,13H,3-4,8-9H2,1-2H3,(H,26,27). The summed E-state index contributed by atoms with van der Waals surface area (Å²) in [6.07, 6.45) is 2.41. The number of carboxylic acids is 1. The van der Waals surface area contributed by atoms with E-state index in [-0.39, 0.29) is 23.8 Å². The van der Waals surface area contributed by atoms with Crippen molar-refractivity contribution in [1.82, 2.24) is 19.3 Å². The van der Waals surface area contributed by atoms with Gasteiger partial charge in [0, 0.05) is 12.2 Å². The summed E-state index contributed by atoms with van der Waals surface area (Å²) >= 11 is 5.98. The summed E-state index contributed by atoms with van der Waals surface area (Å²) in [5.41, 5.74) is 2.52. The van der Waals surface area contributed by atoms with Crippen molar-refractivity contribution in [3.05, 3.63) is 56.2 Å². The molecule has 28 heavy (non-hydrogen) atoms. The summed E-state index contributed by atoms with van der Waals surface area (Å²) in [4.78, 5) is 28.7. The molecule has 1 aliphatic rings. The second-order valence-electron chi connectivity index (χ2n) is 6.97. The first-order valence-electron chi connectivity index (χ1n) is 8.92. The molecule has 0 saturated carbocycles. The lowest BCUT2D eigenvalue weighted by atomic mass is 10.1. The maximum absolute atomic E-state index is 12.5. The van der Waals surface area contributed by atoms with E-state index in [4.69, 9.17) is 21.3 Å². The van der Waals surface area contributed by atoms with Gasteiger partial charge in [-0.05, 0) is 38.0 Å². The van der Waals surface area contributed by atoms with Gasteiger partial charge in [-0.1, -0.05) is 11.6 Å². The van der Waals surface area contributed by atoms with E-state index in [0.29, 0.717) is 40.6 Å². The van der Waals surface area contributed by atoms with Crippen molar-refractivity contribution in [2.75, 3.05) is 6.61 Å². The summed E-state index contributed by atoms with van der Waals surface area (Å²) in [6, 6.07) is 3.21. The third-order valence-electron chi connectivity index (χ3n) is 5.07. The van der Waals surface area contributed by atoms with Gasteiger partial charge in [0.2, 0.25) is 0 Å². The third kappa shape index (κ3) is 3.18. The van der Waals surface area contributed by atoms with Crippen LogP contribution in [0.1, 0.15) is 33.7 Å². The van der Waals surface area contributed by atoms with Crippen LogP contribution in [0.4, 0.5) is 0 Å². The average molecular weight is 403 g/mol. The van der Waals surface area contributed by atoms with Gasteiger partial charge in [-0.2, -0.15) is 5.10 Å². The fourth-order valence-electron chi connectivity index (χ4n) is 3.33. The van der Waals surface area contributed by atoms with Gasteiger partial charge in [-0.25, -0.2) is 14.5 Å². The molecule has 0 amide bonds. The van der Waals surface area contributed by atoms with Gasteiger partial charge >= 0.3 is 5.97 Å². The zero-order valence-electron chi connectivity index (χ0n) is 15.5. The zero-order valence-corrected chi connectivity index (χ0v) is 16.2. The minimum Gasteiger partial charge on any atom is -0.478 e. The van der Waals surface area contributed by atoms with Crippen LogP contribution in [0.15, 0.2) is 23.1 Å². The third-order valence-corrected chi connectivity index (χ3v) is 5.45. The number of aryl methyl sites for hydroxylation is 1. The number of fused-ring (bicyclic) bond motifs is 1. The molecule has 0 spiro atoms. The second kappa shape index (κ2) is 7.03. The number of aromatic carboxylic acids is 1. The number of nitrogens with zero attached hydrogens (tertiary/aromatic N) is 4. The van der Waals surface area contributed by atoms with Crippen molar-refractivity contribution >= 4 is 28.6 Å². The number of aromatic nitrogens is 4. The first-order valence-corrected chi connectivity index (χ1v) is 9.30. The highest BCUT2D eigenvalue weighted by Crippen LogP contribution is 2.25. The molecule has 0 aliphatic carbocycles. The van der Waals surface area contributed by atoms with Crippen molar-refractivity contribution in [3.63, 3.8) is 0 Å². The number of rotatable bonds is 5. The predicted octanol–water partition coefficient (Wildman–Crippen LogP) is 2.40. The van der Waals surface area contributed by atoms with Gasteiger partial charge in [0.15, 0.2) is 0 Å². The number of hydrogen-bond acceptors (Lipinski definition) is 5. The molecule has 1 N–H and O–H groups in total. The zero-order chi connectivity index (χ0) is 20.0. The molecule has 9 heteroatoms. The van der Waals surface area contributed by atoms with Crippen LogP contribution in [0.5, 0.6) is 0 Å². The Balaban J connectivity index is 1.85. The summed E-state index contributed by atoms with van der Waals surface area (Å²) in [6.45, 7) is 4.88. The lowest BCUT2D eigenvalue weighted by molar-refractivity contribution is -0.0590. The van der Waals surface area contributed by atoms with Gasteiger partial charge < -0.3 is 14.4 Å². The van der Waals surface area contributed by atoms with E-state index in [1.54, 1.807) is 19.1 Å². The van der Waals surface area contributed by atoms with Crippen molar-refractivity contribution in [1.29, 1.82) is 0 Å². The summed E-state index contributed by atoms with van der Waals surface area (Å²) < 4.78 is 8.80. The van der Waals surface area contributed by atoms with Crippen LogP contribution in [0.3, 0.4) is 0 Å². The molecule has 3 aromatic rings. The van der Waals surface area contributed by atoms with Crippen LogP contribution < -0.4 is 5.56 Å². The summed E-state index contributed by atoms with van der Waals surface area (Å²) in [5, 5.41) is 13.9. The highest BCUT2D eigenvalue weighted by atomic mass is 35.5. The molecule has 1 atom stereocenters. The van der Waals surface area contributed by atoms with Gasteiger partial charge in [0.25, 0.3) is 5.56 Å². The molecular weight excluding hydrogens is 384 g/mol. The highest BCUT2D eigenvalue weighted by Gasteiger charge is 2.23. The molecule has 1 aromatic carbocycles. The first kappa shape index (κ1) is 18.6. The van der Waals surface area contributed by atoms with Crippen molar-refractivity contribution in [3.8, 4) is 0 Å². The first-order chi connectivity index (χ1) is 13.3. The molecule has 4 rings (SSSR count). The molecule has 8 nitrogen and oxygen atoms in total. The topological polar surface area (TPSA) is 99.2 Å². The molecule has 1 aliphatic heterocycles. The predicted molar refractivity (Wildman–Crippen MR) is 103 cm³/mol. The molecule has 3 heterocycles. The monoisotopic (exact) mass is 402 g/mol. The van der Waals surface area contributed by atoms with Crippen molar-refractivity contribution in [2.24, 2.45) is 0 Å². The van der Waals surface area contributed by atoms with Crippen LogP contribution in [0.25, 0.3) is 11.0 Å². The van der Waals surface area contributed by atoms with E-state index in [1.165, 1.54) is 10.9 Å². The van der Waals surface area contributed by atoms with Crippen molar-refractivity contribution in [2.45, 2.75) is 39.5 Å². The van der Waals surface area contributed by atoms with E-state index < -0.39 is 5.97 Å². The number of carbonyl (C=O) groups is 1.